The number of ether oxygens (including phenoxy) is 1. The van der Waals surface area contributed by atoms with Crippen molar-refractivity contribution in [3.05, 3.63) is 70.9 Å². The van der Waals surface area contributed by atoms with Crippen LogP contribution in [0.2, 0.25) is 0 Å². The second kappa shape index (κ2) is 8.60. The summed E-state index contributed by atoms with van der Waals surface area (Å²) in [5, 5.41) is 7.41. The molecule has 0 bridgehead atoms. The molecule has 0 atom stereocenters. The number of carbonyl (C=O) groups excluding carboxylic acids is 1. The third-order valence-corrected chi connectivity index (χ3v) is 8.00. The van der Waals surface area contributed by atoms with Gasteiger partial charge < -0.3 is 4.74 Å². The lowest BCUT2D eigenvalue weighted by Crippen LogP contribution is -2.50. The highest BCUT2D eigenvalue weighted by Gasteiger charge is 2.39. The zero-order valence-corrected chi connectivity index (χ0v) is 19.0. The molecule has 0 radical (unpaired) electrons. The van der Waals surface area contributed by atoms with E-state index in [9.17, 15) is 13.2 Å². The van der Waals surface area contributed by atoms with Crippen LogP contribution >= 0.6 is 0 Å². The Hall–Kier alpha value is -3.24. The van der Waals surface area contributed by atoms with Crippen molar-refractivity contribution >= 4 is 21.8 Å². The summed E-state index contributed by atoms with van der Waals surface area (Å²) in [5.74, 6) is 0. The van der Waals surface area contributed by atoms with Crippen LogP contribution in [0.4, 0.5) is 10.5 Å². The van der Waals surface area contributed by atoms with Crippen LogP contribution in [0.15, 0.2) is 58.2 Å². The van der Waals surface area contributed by atoms with Gasteiger partial charge in [0.15, 0.2) is 0 Å². The van der Waals surface area contributed by atoms with Crippen molar-refractivity contribution in [3.63, 3.8) is 0 Å². The fourth-order valence-electron chi connectivity index (χ4n) is 4.47. The number of piperidine rings is 1. The first-order valence-corrected chi connectivity index (χ1v) is 12.3. The topological polar surface area (TPSA) is 106 Å². The number of rotatable bonds is 5. The van der Waals surface area contributed by atoms with Crippen molar-refractivity contribution in [2.24, 2.45) is 0 Å². The van der Waals surface area contributed by atoms with Gasteiger partial charge in [-0.2, -0.15) is 4.31 Å². The van der Waals surface area contributed by atoms with E-state index >= 15 is 0 Å². The predicted molar refractivity (Wildman–Crippen MR) is 119 cm³/mol. The van der Waals surface area contributed by atoms with E-state index < -0.39 is 16.1 Å². The number of benzene rings is 2. The molecule has 0 spiro atoms. The highest BCUT2D eigenvalue weighted by Crippen LogP contribution is 2.33. The molecule has 5 rings (SSSR count). The average molecular weight is 469 g/mol. The van der Waals surface area contributed by atoms with Crippen LogP contribution in [0.3, 0.4) is 0 Å². The van der Waals surface area contributed by atoms with Gasteiger partial charge in [0.25, 0.3) is 10.0 Å². The summed E-state index contributed by atoms with van der Waals surface area (Å²) in [7, 11) is -3.87. The highest BCUT2D eigenvalue weighted by molar-refractivity contribution is 7.89. The Balaban J connectivity index is 1.32. The molecule has 1 fully saturated rings. The summed E-state index contributed by atoms with van der Waals surface area (Å²) in [4.78, 5) is 14.2. The maximum Gasteiger partial charge on any atom is 0.414 e. The molecule has 0 unspecified atom stereocenters. The maximum atomic E-state index is 13.3. The number of aryl methyl sites for hydroxylation is 1. The molecule has 2 aromatic carbocycles. The van der Waals surface area contributed by atoms with E-state index in [1.165, 1.54) is 4.31 Å². The van der Waals surface area contributed by atoms with Crippen molar-refractivity contribution in [3.8, 4) is 0 Å². The Labute approximate surface area is 192 Å². The first kappa shape index (κ1) is 21.6. The van der Waals surface area contributed by atoms with Crippen LogP contribution in [0.25, 0.3) is 0 Å². The third kappa shape index (κ3) is 4.11. The number of carbonyl (C=O) groups is 1. The first-order chi connectivity index (χ1) is 15.9. The lowest BCUT2D eigenvalue weighted by atomic mass is 10.0. The number of amides is 1. The summed E-state index contributed by atoms with van der Waals surface area (Å²) in [6.07, 6.45) is 0.895. The lowest BCUT2D eigenvalue weighted by molar-refractivity contribution is 0.135. The van der Waals surface area contributed by atoms with Crippen molar-refractivity contribution in [2.75, 3.05) is 18.0 Å². The van der Waals surface area contributed by atoms with E-state index in [2.05, 4.69) is 10.3 Å². The van der Waals surface area contributed by atoms with Crippen LogP contribution in [-0.4, -0.2) is 48.3 Å². The Bertz CT molecular complexity index is 1270. The quantitative estimate of drug-likeness (QED) is 0.566. The average Bonchev–Trinajstić information content (AvgIpc) is 3.29. The number of sulfonamides is 1. The zero-order chi connectivity index (χ0) is 23.0. The molecule has 1 aromatic heterocycles. The molecule has 1 saturated heterocycles. The molecule has 2 aliphatic rings. The number of fused-ring (bicyclic) bond motifs is 1. The van der Waals surface area contributed by atoms with Gasteiger partial charge in [-0.3, -0.25) is 4.90 Å². The fraction of sp³-hybridized carbons (Fsp3) is 0.348. The minimum atomic E-state index is -3.87. The second-order valence-corrected chi connectivity index (χ2v) is 10.2. The number of nitrogens with zero attached hydrogens (tertiary/aromatic N) is 4. The molecule has 0 aliphatic carbocycles. The van der Waals surface area contributed by atoms with Gasteiger partial charge in [-0.25, -0.2) is 17.8 Å². The predicted octanol–water partition coefficient (Wildman–Crippen LogP) is 3.28. The number of aromatic nitrogens is 2. The van der Waals surface area contributed by atoms with Gasteiger partial charge in [-0.05, 0) is 36.6 Å². The minimum absolute atomic E-state index is 0.148. The van der Waals surface area contributed by atoms with Crippen LogP contribution in [0, 0.1) is 6.92 Å². The summed E-state index contributed by atoms with van der Waals surface area (Å²) < 4.78 is 38.2. The van der Waals surface area contributed by atoms with Gasteiger partial charge in [0.2, 0.25) is 5.03 Å². The second-order valence-electron chi connectivity index (χ2n) is 8.37. The van der Waals surface area contributed by atoms with Crippen molar-refractivity contribution < 1.29 is 22.6 Å². The molecular formula is C23H24N4O5S. The molecular weight excluding hydrogens is 444 g/mol. The van der Waals surface area contributed by atoms with E-state index in [1.54, 1.807) is 4.90 Å². The normalized spacial score (nSPS) is 17.6. The number of hydrogen-bond donors (Lipinski definition) is 0. The molecule has 172 valence electrons. The van der Waals surface area contributed by atoms with Gasteiger partial charge >= 0.3 is 6.09 Å². The molecule has 2 aliphatic heterocycles. The number of cyclic esters (lactones) is 1. The van der Waals surface area contributed by atoms with Gasteiger partial charge in [0, 0.05) is 31.1 Å². The summed E-state index contributed by atoms with van der Waals surface area (Å²) in [5.41, 5.74) is 4.10. The smallest absolute Gasteiger partial charge is 0.414 e. The standard InChI is InChI=1S/C23H24N4O5S/c1-16-7-8-21-18(13-16)15-31-23(28)27(21)19-9-11-26(12-10-19)33(29,30)22-20(24-32-25-22)14-17-5-3-2-4-6-17/h2-8,13,19H,9-12,14-15H2,1H3. The van der Waals surface area contributed by atoms with Gasteiger partial charge in [-0.1, -0.05) is 53.2 Å². The largest absolute Gasteiger partial charge is 0.444 e. The SMILES string of the molecule is Cc1ccc2c(c1)COC(=O)N2C1CCN(S(=O)(=O)c2nonc2Cc2ccccc2)CC1. The molecule has 3 aromatic rings. The number of anilines is 1. The molecule has 33 heavy (non-hydrogen) atoms. The summed E-state index contributed by atoms with van der Waals surface area (Å²) in [6, 6.07) is 15.2. The zero-order valence-electron chi connectivity index (χ0n) is 18.2. The molecule has 0 saturated carbocycles. The van der Waals surface area contributed by atoms with Gasteiger partial charge in [-0.15, -0.1) is 0 Å². The Morgan fingerprint density at radius 2 is 1.82 bits per heavy atom. The molecule has 10 heteroatoms. The fourth-order valence-corrected chi connectivity index (χ4v) is 5.94. The van der Waals surface area contributed by atoms with Gasteiger partial charge in [0.1, 0.15) is 12.3 Å². The summed E-state index contributed by atoms with van der Waals surface area (Å²) in [6.45, 7) is 2.77. The van der Waals surface area contributed by atoms with Crippen LogP contribution in [0.1, 0.15) is 35.2 Å². The van der Waals surface area contributed by atoms with E-state index in [0.717, 1.165) is 22.4 Å². The maximum absolute atomic E-state index is 13.3. The van der Waals surface area contributed by atoms with Crippen LogP contribution in [0.5, 0.6) is 0 Å². The molecule has 9 nitrogen and oxygen atoms in total. The summed E-state index contributed by atoms with van der Waals surface area (Å²) >= 11 is 0. The van der Waals surface area contributed by atoms with E-state index in [4.69, 9.17) is 9.37 Å². The van der Waals surface area contributed by atoms with Crippen molar-refractivity contribution in [1.29, 1.82) is 0 Å². The van der Waals surface area contributed by atoms with Crippen LogP contribution in [-0.2, 0) is 27.8 Å². The Kier molecular flexibility index (Phi) is 5.63. The molecule has 0 N–H and O–H groups in total. The van der Waals surface area contributed by atoms with E-state index in [0.29, 0.717) is 19.3 Å². The van der Waals surface area contributed by atoms with E-state index in [1.807, 2.05) is 55.5 Å². The lowest BCUT2D eigenvalue weighted by Gasteiger charge is -2.39. The highest BCUT2D eigenvalue weighted by atomic mass is 32.2. The van der Waals surface area contributed by atoms with Crippen LogP contribution < -0.4 is 4.90 Å². The molecule has 1 amide bonds. The minimum Gasteiger partial charge on any atom is -0.444 e. The Morgan fingerprint density at radius 3 is 2.58 bits per heavy atom. The van der Waals surface area contributed by atoms with Crippen molar-refractivity contribution in [1.82, 2.24) is 14.6 Å². The van der Waals surface area contributed by atoms with E-state index in [-0.39, 0.29) is 36.5 Å². The monoisotopic (exact) mass is 468 g/mol. The van der Waals surface area contributed by atoms with Crippen molar-refractivity contribution in [2.45, 2.75) is 43.9 Å². The molecule has 3 heterocycles. The first-order valence-electron chi connectivity index (χ1n) is 10.8. The number of hydrogen-bond acceptors (Lipinski definition) is 7. The third-order valence-electron chi connectivity index (χ3n) is 6.15. The Morgan fingerprint density at radius 1 is 1.06 bits per heavy atom. The van der Waals surface area contributed by atoms with Gasteiger partial charge in [0.05, 0.1) is 5.69 Å².